The zero-order valence-electron chi connectivity index (χ0n) is 13.3. The van der Waals surface area contributed by atoms with E-state index >= 15 is 0 Å². The van der Waals surface area contributed by atoms with Gasteiger partial charge in [-0.25, -0.2) is 9.59 Å². The molecule has 0 aliphatic rings. The highest BCUT2D eigenvalue weighted by atomic mass is 16.4. The van der Waals surface area contributed by atoms with Crippen molar-refractivity contribution in [2.24, 2.45) is 0 Å². The first-order valence-electron chi connectivity index (χ1n) is 7.38. The van der Waals surface area contributed by atoms with Crippen molar-refractivity contribution in [1.29, 1.82) is 0 Å². The summed E-state index contributed by atoms with van der Waals surface area (Å²) >= 11 is 0. The molecular formula is C18H18O6. The molecule has 0 spiro atoms. The smallest absolute Gasteiger partial charge is 0.339 e. The van der Waals surface area contributed by atoms with E-state index in [0.29, 0.717) is 28.7 Å². The fraction of sp³-hybridized carbons (Fsp3) is 0.222. The number of carbonyl (C=O) groups is 2. The molecule has 0 aliphatic heterocycles. The van der Waals surface area contributed by atoms with Gasteiger partial charge >= 0.3 is 11.9 Å². The lowest BCUT2D eigenvalue weighted by Crippen LogP contribution is -2.03. The highest BCUT2D eigenvalue weighted by Crippen LogP contribution is 2.29. The first-order valence-corrected chi connectivity index (χ1v) is 7.38. The Bertz CT molecular complexity index is 823. The fourth-order valence-corrected chi connectivity index (χ4v) is 2.65. The van der Waals surface area contributed by atoms with Crippen LogP contribution in [0.2, 0.25) is 0 Å². The topological polar surface area (TPSA) is 115 Å². The molecule has 0 saturated carbocycles. The van der Waals surface area contributed by atoms with E-state index in [9.17, 15) is 24.9 Å². The van der Waals surface area contributed by atoms with Gasteiger partial charge in [0.05, 0.1) is 0 Å². The van der Waals surface area contributed by atoms with Gasteiger partial charge in [-0.05, 0) is 54.2 Å². The van der Waals surface area contributed by atoms with E-state index in [2.05, 4.69) is 0 Å². The fourth-order valence-electron chi connectivity index (χ4n) is 2.65. The zero-order chi connectivity index (χ0) is 18.0. The minimum absolute atomic E-state index is 0.182. The van der Waals surface area contributed by atoms with Crippen LogP contribution in [0.15, 0.2) is 24.3 Å². The van der Waals surface area contributed by atoms with E-state index in [4.69, 9.17) is 5.11 Å². The molecule has 6 nitrogen and oxygen atoms in total. The van der Waals surface area contributed by atoms with E-state index in [-0.39, 0.29) is 29.0 Å². The Morgan fingerprint density at radius 2 is 1.38 bits per heavy atom. The van der Waals surface area contributed by atoms with Crippen LogP contribution in [0, 0.1) is 6.92 Å². The minimum atomic E-state index is -1.23. The van der Waals surface area contributed by atoms with Gasteiger partial charge in [-0.2, -0.15) is 0 Å². The van der Waals surface area contributed by atoms with Crippen LogP contribution in [-0.4, -0.2) is 32.4 Å². The second kappa shape index (κ2) is 6.62. The molecule has 2 aromatic carbocycles. The van der Waals surface area contributed by atoms with Crippen molar-refractivity contribution >= 4 is 11.9 Å². The maximum Gasteiger partial charge on any atom is 0.339 e. The second-order valence-electron chi connectivity index (χ2n) is 5.60. The summed E-state index contributed by atoms with van der Waals surface area (Å²) in [5.41, 5.74) is 1.84. The number of carboxylic acids is 2. The lowest BCUT2D eigenvalue weighted by molar-refractivity contribution is 0.0682. The van der Waals surface area contributed by atoms with Crippen molar-refractivity contribution in [3.05, 3.63) is 57.6 Å². The summed E-state index contributed by atoms with van der Waals surface area (Å²) in [6.07, 6.45) is 0.754. The van der Waals surface area contributed by atoms with Crippen molar-refractivity contribution in [2.45, 2.75) is 26.7 Å². The molecule has 0 bridgehead atoms. The number of aryl methyl sites for hydroxylation is 2. The Labute approximate surface area is 138 Å². The van der Waals surface area contributed by atoms with Gasteiger partial charge < -0.3 is 20.4 Å². The molecule has 2 rings (SSSR count). The maximum absolute atomic E-state index is 11.3. The monoisotopic (exact) mass is 330 g/mol. The van der Waals surface area contributed by atoms with Gasteiger partial charge in [0.25, 0.3) is 0 Å². The largest absolute Gasteiger partial charge is 0.507 e. The summed E-state index contributed by atoms with van der Waals surface area (Å²) in [6, 6.07) is 6.09. The first kappa shape index (κ1) is 17.3. The number of rotatable bonds is 5. The van der Waals surface area contributed by atoms with Crippen LogP contribution in [0.4, 0.5) is 0 Å². The third-order valence-corrected chi connectivity index (χ3v) is 3.86. The van der Waals surface area contributed by atoms with Gasteiger partial charge in [-0.15, -0.1) is 0 Å². The number of hydrogen-bond donors (Lipinski definition) is 4. The molecule has 0 amide bonds. The van der Waals surface area contributed by atoms with Crippen molar-refractivity contribution in [3.63, 3.8) is 0 Å². The normalized spacial score (nSPS) is 10.6. The standard InChI is InChI=1S/C18H18O6/c1-3-12-6-11(8-14(16(12)20)18(23)24)5-10-4-9(2)15(19)13(7-10)17(21)22/h4,6-8,19-20H,3,5H2,1-2H3,(H,21,22)(H,23,24). The summed E-state index contributed by atoms with van der Waals surface area (Å²) in [5, 5.41) is 38.1. The maximum atomic E-state index is 11.3. The number of carboxylic acid groups (broad SMARTS) is 2. The van der Waals surface area contributed by atoms with Crippen LogP contribution in [0.3, 0.4) is 0 Å². The lowest BCUT2D eigenvalue weighted by atomic mass is 9.95. The Morgan fingerprint density at radius 1 is 0.875 bits per heavy atom. The van der Waals surface area contributed by atoms with E-state index in [1.807, 2.05) is 0 Å². The van der Waals surface area contributed by atoms with Gasteiger partial charge in [0, 0.05) is 0 Å². The Balaban J connectivity index is 2.50. The van der Waals surface area contributed by atoms with E-state index in [1.165, 1.54) is 12.1 Å². The highest BCUT2D eigenvalue weighted by Gasteiger charge is 2.17. The number of phenols is 2. The predicted octanol–water partition coefficient (Wildman–Crippen LogP) is 2.96. The van der Waals surface area contributed by atoms with Crippen molar-refractivity contribution in [3.8, 4) is 11.5 Å². The summed E-state index contributed by atoms with van der Waals surface area (Å²) in [4.78, 5) is 22.5. The van der Waals surface area contributed by atoms with Gasteiger partial charge in [-0.3, -0.25) is 0 Å². The summed E-state index contributed by atoms with van der Waals surface area (Å²) in [6.45, 7) is 3.40. The number of hydrogen-bond acceptors (Lipinski definition) is 4. The van der Waals surface area contributed by atoms with Crippen LogP contribution in [0.1, 0.15) is 49.9 Å². The first-order chi connectivity index (χ1) is 11.2. The summed E-state index contributed by atoms with van der Waals surface area (Å²) in [7, 11) is 0. The highest BCUT2D eigenvalue weighted by molar-refractivity contribution is 5.92. The third-order valence-electron chi connectivity index (χ3n) is 3.86. The molecular weight excluding hydrogens is 312 g/mol. The van der Waals surface area contributed by atoms with Gasteiger partial charge in [-0.1, -0.05) is 19.1 Å². The summed E-state index contributed by atoms with van der Waals surface area (Å²) < 4.78 is 0. The predicted molar refractivity (Wildman–Crippen MR) is 87.1 cm³/mol. The number of aromatic hydroxyl groups is 2. The Kier molecular flexibility index (Phi) is 4.78. The molecule has 24 heavy (non-hydrogen) atoms. The second-order valence-corrected chi connectivity index (χ2v) is 5.60. The quantitative estimate of drug-likeness (QED) is 0.670. The Morgan fingerprint density at radius 3 is 1.88 bits per heavy atom. The molecule has 0 aromatic heterocycles. The molecule has 2 aromatic rings. The average Bonchev–Trinajstić information content (AvgIpc) is 2.51. The number of aromatic carboxylic acids is 2. The lowest BCUT2D eigenvalue weighted by Gasteiger charge is -2.12. The molecule has 0 radical (unpaired) electrons. The molecule has 0 atom stereocenters. The van der Waals surface area contributed by atoms with Crippen LogP contribution >= 0.6 is 0 Å². The SMILES string of the molecule is CCc1cc(Cc2cc(C)c(O)c(C(=O)O)c2)cc(C(=O)O)c1O. The molecule has 0 aliphatic carbocycles. The molecule has 0 heterocycles. The van der Waals surface area contributed by atoms with Crippen molar-refractivity contribution in [1.82, 2.24) is 0 Å². The van der Waals surface area contributed by atoms with Gasteiger partial charge in [0.15, 0.2) is 0 Å². The average molecular weight is 330 g/mol. The van der Waals surface area contributed by atoms with Crippen LogP contribution < -0.4 is 0 Å². The van der Waals surface area contributed by atoms with Crippen LogP contribution in [0.5, 0.6) is 11.5 Å². The number of benzene rings is 2. The minimum Gasteiger partial charge on any atom is -0.507 e. The molecule has 0 fully saturated rings. The molecule has 4 N–H and O–H groups in total. The molecule has 0 saturated heterocycles. The van der Waals surface area contributed by atoms with Gasteiger partial charge in [0.2, 0.25) is 0 Å². The van der Waals surface area contributed by atoms with E-state index in [0.717, 1.165) is 0 Å². The molecule has 6 heteroatoms. The summed E-state index contributed by atoms with van der Waals surface area (Å²) in [5.74, 6) is -2.99. The van der Waals surface area contributed by atoms with Crippen LogP contribution in [-0.2, 0) is 12.8 Å². The van der Waals surface area contributed by atoms with Crippen molar-refractivity contribution < 1.29 is 30.0 Å². The molecule has 0 unspecified atom stereocenters. The molecule has 126 valence electrons. The van der Waals surface area contributed by atoms with Crippen molar-refractivity contribution in [2.75, 3.05) is 0 Å². The van der Waals surface area contributed by atoms with E-state index in [1.54, 1.807) is 26.0 Å². The van der Waals surface area contributed by atoms with Gasteiger partial charge in [0.1, 0.15) is 22.6 Å². The van der Waals surface area contributed by atoms with Crippen LogP contribution in [0.25, 0.3) is 0 Å². The third kappa shape index (κ3) is 3.32. The Hall–Kier alpha value is -3.02. The van der Waals surface area contributed by atoms with E-state index < -0.39 is 11.9 Å². The zero-order valence-corrected chi connectivity index (χ0v) is 13.3.